The molecule has 0 spiro atoms. The highest BCUT2D eigenvalue weighted by Gasteiger charge is 2.07. The smallest absolute Gasteiger partial charge is 0.526 e. The minimum absolute atomic E-state index is 0.354. The van der Waals surface area contributed by atoms with E-state index in [4.69, 9.17) is 9.31 Å². The zero-order chi connectivity index (χ0) is 18.5. The van der Waals surface area contributed by atoms with E-state index in [1.54, 1.807) is 36.4 Å². The van der Waals surface area contributed by atoms with Gasteiger partial charge in [-0.1, -0.05) is 12.1 Å². The second-order valence-corrected chi connectivity index (χ2v) is 8.63. The molecule has 133 valence electrons. The highest BCUT2D eigenvalue weighted by molar-refractivity contribution is 7.92. The lowest BCUT2D eigenvalue weighted by atomic mass is 10.2. The van der Waals surface area contributed by atoms with Gasteiger partial charge in [-0.3, -0.25) is 9.44 Å². The van der Waals surface area contributed by atoms with Crippen molar-refractivity contribution in [2.45, 2.75) is 0 Å². The summed E-state index contributed by atoms with van der Waals surface area (Å²) in [6.45, 7) is 0. The Labute approximate surface area is 147 Å². The fraction of sp³-hybridized carbons (Fsp3) is 0.143. The zero-order valence-corrected chi connectivity index (χ0v) is 15.1. The molecule has 25 heavy (non-hydrogen) atoms. The average molecular weight is 383 g/mol. The van der Waals surface area contributed by atoms with Gasteiger partial charge in [0.05, 0.1) is 23.9 Å². The van der Waals surface area contributed by atoms with Crippen molar-refractivity contribution in [1.29, 1.82) is 0 Å². The van der Waals surface area contributed by atoms with Crippen LogP contribution in [-0.2, 0) is 20.0 Å². The predicted octanol–water partition coefficient (Wildman–Crippen LogP) is 1.42. The van der Waals surface area contributed by atoms with Gasteiger partial charge in [-0.2, -0.15) is 0 Å². The summed E-state index contributed by atoms with van der Waals surface area (Å²) >= 11 is 0. The summed E-state index contributed by atoms with van der Waals surface area (Å²) in [5.41, 5.74) is 0.709. The molecule has 0 fully saturated rings. The van der Waals surface area contributed by atoms with E-state index in [1.165, 1.54) is 12.1 Å². The molecule has 0 aliphatic rings. The molecule has 2 aromatic carbocycles. The van der Waals surface area contributed by atoms with Gasteiger partial charge in [-0.05, 0) is 24.3 Å². The second kappa shape index (κ2) is 7.66. The fourth-order valence-corrected chi connectivity index (χ4v) is 2.94. The van der Waals surface area contributed by atoms with Gasteiger partial charge in [0, 0.05) is 12.1 Å². The minimum Gasteiger partial charge on any atom is -0.526 e. The van der Waals surface area contributed by atoms with Crippen LogP contribution in [0.25, 0.3) is 0 Å². The molecule has 0 unspecified atom stereocenters. The number of anilines is 2. The van der Waals surface area contributed by atoms with Gasteiger partial charge in [0.1, 0.15) is 11.5 Å². The van der Waals surface area contributed by atoms with Gasteiger partial charge in [0.15, 0.2) is 0 Å². The number of hydrogen-bond donors (Lipinski definition) is 2. The Morgan fingerprint density at radius 1 is 0.760 bits per heavy atom. The van der Waals surface area contributed by atoms with Crippen LogP contribution >= 0.6 is 0 Å². The SMILES string of the molecule is CS(=O)(=O)Nc1cccc(O[B]Oc2cccc(NS(C)(=O)=O)c2)c1. The Kier molecular flexibility index (Phi) is 5.80. The Morgan fingerprint density at radius 3 is 1.52 bits per heavy atom. The van der Waals surface area contributed by atoms with Crippen molar-refractivity contribution in [3.05, 3.63) is 48.5 Å². The van der Waals surface area contributed by atoms with Crippen molar-refractivity contribution < 1.29 is 26.1 Å². The Balaban J connectivity index is 1.95. The van der Waals surface area contributed by atoms with E-state index in [9.17, 15) is 16.8 Å². The van der Waals surface area contributed by atoms with Crippen molar-refractivity contribution in [3.8, 4) is 11.5 Å². The Hall–Kier alpha value is -2.40. The summed E-state index contributed by atoms with van der Waals surface area (Å²) in [4.78, 5) is 0. The van der Waals surface area contributed by atoms with Crippen molar-refractivity contribution in [2.24, 2.45) is 0 Å². The first kappa shape index (κ1) is 18.9. The van der Waals surface area contributed by atoms with E-state index in [0.29, 0.717) is 22.9 Å². The quantitative estimate of drug-likeness (QED) is 0.667. The molecular formula is C14H16BN2O6S2. The molecule has 0 saturated carbocycles. The van der Waals surface area contributed by atoms with Crippen molar-refractivity contribution >= 4 is 39.1 Å². The third kappa shape index (κ3) is 7.35. The second-order valence-electron chi connectivity index (χ2n) is 5.14. The van der Waals surface area contributed by atoms with Gasteiger partial charge in [-0.25, -0.2) is 16.8 Å². The van der Waals surface area contributed by atoms with Crippen LogP contribution in [0.5, 0.6) is 11.5 Å². The monoisotopic (exact) mass is 383 g/mol. The van der Waals surface area contributed by atoms with E-state index in [0.717, 1.165) is 20.2 Å². The molecule has 8 nitrogen and oxygen atoms in total. The first-order valence-corrected chi connectivity index (χ1v) is 10.7. The molecule has 0 heterocycles. The van der Waals surface area contributed by atoms with Gasteiger partial charge in [0.2, 0.25) is 20.0 Å². The standard InChI is InChI=1S/C14H16BN2O6S2/c1-24(18,19)16-11-5-3-7-13(9-11)22-15-23-14-8-4-6-12(10-14)17-25(2,20)21/h3-10,16-17H,1-2H3. The molecule has 0 aromatic heterocycles. The lowest BCUT2D eigenvalue weighted by Crippen LogP contribution is -2.13. The van der Waals surface area contributed by atoms with Crippen LogP contribution in [0.2, 0.25) is 0 Å². The number of hydrogen-bond acceptors (Lipinski definition) is 6. The number of rotatable bonds is 8. The highest BCUT2D eigenvalue weighted by Crippen LogP contribution is 2.20. The lowest BCUT2D eigenvalue weighted by Gasteiger charge is -2.10. The van der Waals surface area contributed by atoms with Gasteiger partial charge in [-0.15, -0.1) is 0 Å². The van der Waals surface area contributed by atoms with Crippen molar-refractivity contribution in [2.75, 3.05) is 22.0 Å². The maximum absolute atomic E-state index is 11.2. The topological polar surface area (TPSA) is 111 Å². The molecule has 2 rings (SSSR count). The Morgan fingerprint density at radius 2 is 1.16 bits per heavy atom. The van der Waals surface area contributed by atoms with Crippen LogP contribution in [-0.4, -0.2) is 37.0 Å². The van der Waals surface area contributed by atoms with E-state index in [-0.39, 0.29) is 0 Å². The highest BCUT2D eigenvalue weighted by atomic mass is 32.2. The Bertz CT molecular complexity index is 870. The average Bonchev–Trinajstić information content (AvgIpc) is 2.44. The van der Waals surface area contributed by atoms with E-state index in [2.05, 4.69) is 9.44 Å². The first-order chi connectivity index (χ1) is 11.6. The van der Waals surface area contributed by atoms with Crippen LogP contribution in [0.1, 0.15) is 0 Å². The van der Waals surface area contributed by atoms with Crippen molar-refractivity contribution in [3.63, 3.8) is 0 Å². The summed E-state index contributed by atoms with van der Waals surface area (Å²) in [7, 11) is -5.71. The largest absolute Gasteiger partial charge is 0.658 e. The van der Waals surface area contributed by atoms with Crippen molar-refractivity contribution in [1.82, 2.24) is 0 Å². The molecule has 0 aliphatic carbocycles. The van der Waals surface area contributed by atoms with Crippen LogP contribution in [0, 0.1) is 0 Å². The third-order valence-electron chi connectivity index (χ3n) is 2.64. The summed E-state index contributed by atoms with van der Waals surface area (Å²) in [5.74, 6) is 0.720. The van der Waals surface area contributed by atoms with E-state index in [1.807, 2.05) is 0 Å². The molecule has 0 aliphatic heterocycles. The maximum Gasteiger partial charge on any atom is 0.658 e. The third-order valence-corrected chi connectivity index (χ3v) is 3.86. The molecule has 0 saturated heterocycles. The molecule has 2 N–H and O–H groups in total. The van der Waals surface area contributed by atoms with Crippen LogP contribution < -0.4 is 18.8 Å². The molecule has 11 heteroatoms. The molecule has 0 bridgehead atoms. The number of nitrogens with one attached hydrogen (secondary N) is 2. The number of sulfonamides is 2. The molecule has 2 aromatic rings. The van der Waals surface area contributed by atoms with Crippen LogP contribution in [0.4, 0.5) is 11.4 Å². The summed E-state index contributed by atoms with van der Waals surface area (Å²) in [6, 6.07) is 12.6. The fourth-order valence-electron chi connectivity index (χ4n) is 1.83. The summed E-state index contributed by atoms with van der Waals surface area (Å²) in [5, 5.41) is 0. The molecule has 0 amide bonds. The van der Waals surface area contributed by atoms with Crippen LogP contribution in [0.15, 0.2) is 48.5 Å². The number of benzene rings is 2. The predicted molar refractivity (Wildman–Crippen MR) is 96.8 cm³/mol. The molecule has 1 radical (unpaired) electrons. The lowest BCUT2D eigenvalue weighted by molar-refractivity contribution is 0.459. The van der Waals surface area contributed by atoms with E-state index < -0.39 is 20.0 Å². The summed E-state index contributed by atoms with van der Waals surface area (Å²) < 4.78 is 60.1. The van der Waals surface area contributed by atoms with Gasteiger partial charge in [0.25, 0.3) is 0 Å². The molecule has 0 atom stereocenters. The normalized spacial score (nSPS) is 11.4. The van der Waals surface area contributed by atoms with Gasteiger partial charge >= 0.3 is 7.69 Å². The van der Waals surface area contributed by atoms with E-state index >= 15 is 0 Å². The maximum atomic E-state index is 11.2. The molecular weight excluding hydrogens is 367 g/mol. The van der Waals surface area contributed by atoms with Gasteiger partial charge < -0.3 is 9.31 Å². The summed E-state index contributed by atoms with van der Waals surface area (Å²) in [6.07, 6.45) is 2.10. The minimum atomic E-state index is -3.38. The van der Waals surface area contributed by atoms with Crippen LogP contribution in [0.3, 0.4) is 0 Å². The zero-order valence-electron chi connectivity index (χ0n) is 13.5. The first-order valence-electron chi connectivity index (χ1n) is 6.91.